The molecule has 86 valence electrons. The third-order valence-electron chi connectivity index (χ3n) is 2.55. The maximum atomic E-state index is 12.0. The summed E-state index contributed by atoms with van der Waals surface area (Å²) >= 11 is 0. The highest BCUT2D eigenvalue weighted by Crippen LogP contribution is 2.10. The topological polar surface area (TPSA) is 62.6 Å². The molecule has 0 spiro atoms. The van der Waals surface area contributed by atoms with E-state index in [0.29, 0.717) is 37.6 Å². The minimum absolute atomic E-state index is 0.00840. The van der Waals surface area contributed by atoms with Crippen LogP contribution >= 0.6 is 0 Å². The van der Waals surface area contributed by atoms with Crippen LogP contribution in [-0.4, -0.2) is 36.3 Å². The quantitative estimate of drug-likeness (QED) is 0.754. The fraction of sp³-hybridized carbons (Fsp3) is 0.455. The van der Waals surface area contributed by atoms with Crippen LogP contribution < -0.4 is 5.32 Å². The van der Waals surface area contributed by atoms with Gasteiger partial charge < -0.3 is 14.6 Å². The van der Waals surface area contributed by atoms with E-state index in [1.54, 1.807) is 24.0 Å². The van der Waals surface area contributed by atoms with E-state index >= 15 is 0 Å². The van der Waals surface area contributed by atoms with Gasteiger partial charge in [-0.1, -0.05) is 0 Å². The molecule has 0 unspecified atom stereocenters. The number of hydrogen-bond donors (Lipinski definition) is 1. The summed E-state index contributed by atoms with van der Waals surface area (Å²) in [6.45, 7) is 3.28. The van der Waals surface area contributed by atoms with E-state index < -0.39 is 0 Å². The van der Waals surface area contributed by atoms with Crippen molar-refractivity contribution >= 4 is 11.8 Å². The number of furan rings is 1. The number of nitrogens with one attached hydrogen (secondary N) is 1. The number of carbonyl (C=O) groups is 2. The lowest BCUT2D eigenvalue weighted by atomic mass is 10.3. The first-order valence-corrected chi connectivity index (χ1v) is 5.29. The Balaban J connectivity index is 2.06. The second kappa shape index (κ2) is 4.38. The molecule has 1 aromatic rings. The summed E-state index contributed by atoms with van der Waals surface area (Å²) in [5.74, 6) is 0.898. The molecule has 1 aliphatic heterocycles. The van der Waals surface area contributed by atoms with Crippen molar-refractivity contribution in [3.05, 3.63) is 23.7 Å². The fourth-order valence-corrected chi connectivity index (χ4v) is 1.68. The predicted octanol–water partition coefficient (Wildman–Crippen LogP) is 0.550. The minimum Gasteiger partial charge on any atom is -0.456 e. The van der Waals surface area contributed by atoms with Gasteiger partial charge in [0.2, 0.25) is 5.91 Å². The van der Waals surface area contributed by atoms with Gasteiger partial charge in [0.1, 0.15) is 5.76 Å². The van der Waals surface area contributed by atoms with Crippen molar-refractivity contribution in [3.63, 3.8) is 0 Å². The zero-order valence-corrected chi connectivity index (χ0v) is 9.16. The Morgan fingerprint density at radius 2 is 2.25 bits per heavy atom. The minimum atomic E-state index is -0.149. The first-order chi connectivity index (χ1) is 7.66. The second-order valence-corrected chi connectivity index (χ2v) is 3.80. The first-order valence-electron chi connectivity index (χ1n) is 5.29. The van der Waals surface area contributed by atoms with Crippen molar-refractivity contribution in [2.75, 3.05) is 19.6 Å². The van der Waals surface area contributed by atoms with Gasteiger partial charge in [-0.2, -0.15) is 0 Å². The Morgan fingerprint density at radius 3 is 2.94 bits per heavy atom. The number of amides is 2. The lowest BCUT2D eigenvalue weighted by Gasteiger charge is -2.17. The molecule has 0 aliphatic carbocycles. The highest BCUT2D eigenvalue weighted by Gasteiger charge is 2.21. The predicted molar refractivity (Wildman–Crippen MR) is 57.0 cm³/mol. The van der Waals surface area contributed by atoms with Gasteiger partial charge in [0.05, 0.1) is 0 Å². The molecule has 0 bridgehead atoms. The number of rotatable bonds is 1. The SMILES string of the molecule is Cc1ccc(C(=O)N2CCNC(=O)CC2)o1. The molecule has 0 aromatic carbocycles. The smallest absolute Gasteiger partial charge is 0.289 e. The summed E-state index contributed by atoms with van der Waals surface area (Å²) in [6, 6.07) is 3.42. The zero-order chi connectivity index (χ0) is 11.5. The molecule has 1 aromatic heterocycles. The van der Waals surface area contributed by atoms with E-state index in [0.717, 1.165) is 0 Å². The van der Waals surface area contributed by atoms with Crippen LogP contribution in [-0.2, 0) is 4.79 Å². The molecule has 1 fully saturated rings. The maximum Gasteiger partial charge on any atom is 0.289 e. The van der Waals surface area contributed by atoms with Crippen molar-refractivity contribution in [1.29, 1.82) is 0 Å². The summed E-state index contributed by atoms with van der Waals surface area (Å²) in [5, 5.41) is 2.72. The maximum absolute atomic E-state index is 12.0. The Hall–Kier alpha value is -1.78. The summed E-state index contributed by atoms with van der Waals surface area (Å²) < 4.78 is 5.27. The molecule has 1 aliphatic rings. The summed E-state index contributed by atoms with van der Waals surface area (Å²) in [6.07, 6.45) is 0.353. The van der Waals surface area contributed by atoms with Crippen molar-refractivity contribution in [2.24, 2.45) is 0 Å². The van der Waals surface area contributed by atoms with Gasteiger partial charge in [-0.15, -0.1) is 0 Å². The summed E-state index contributed by atoms with van der Waals surface area (Å²) in [7, 11) is 0. The lowest BCUT2D eigenvalue weighted by Crippen LogP contribution is -2.33. The van der Waals surface area contributed by atoms with Crippen LogP contribution in [0, 0.1) is 6.92 Å². The normalized spacial score (nSPS) is 16.8. The number of nitrogens with zero attached hydrogens (tertiary/aromatic N) is 1. The third kappa shape index (κ3) is 2.24. The number of aryl methyl sites for hydroxylation is 1. The van der Waals surface area contributed by atoms with Crippen LogP contribution in [0.4, 0.5) is 0 Å². The third-order valence-corrected chi connectivity index (χ3v) is 2.55. The molecule has 0 atom stereocenters. The highest BCUT2D eigenvalue weighted by molar-refractivity contribution is 5.92. The molecule has 0 radical (unpaired) electrons. The van der Waals surface area contributed by atoms with Crippen molar-refractivity contribution in [2.45, 2.75) is 13.3 Å². The molecule has 1 N–H and O–H groups in total. The monoisotopic (exact) mass is 222 g/mol. The number of carbonyl (C=O) groups excluding carboxylic acids is 2. The van der Waals surface area contributed by atoms with E-state index in [2.05, 4.69) is 5.32 Å². The van der Waals surface area contributed by atoms with Gasteiger partial charge in [0.15, 0.2) is 5.76 Å². The Labute approximate surface area is 93.4 Å². The van der Waals surface area contributed by atoms with E-state index in [1.165, 1.54) is 0 Å². The molecule has 5 heteroatoms. The summed E-state index contributed by atoms with van der Waals surface area (Å²) in [5.41, 5.74) is 0. The molecule has 2 amide bonds. The Morgan fingerprint density at radius 1 is 1.44 bits per heavy atom. The second-order valence-electron chi connectivity index (χ2n) is 3.80. The van der Waals surface area contributed by atoms with Gasteiger partial charge in [0, 0.05) is 26.1 Å². The molecule has 5 nitrogen and oxygen atoms in total. The van der Waals surface area contributed by atoms with E-state index in [4.69, 9.17) is 4.42 Å². The van der Waals surface area contributed by atoms with Crippen LogP contribution in [0.25, 0.3) is 0 Å². The Kier molecular flexibility index (Phi) is 2.94. The van der Waals surface area contributed by atoms with Crippen LogP contribution in [0.5, 0.6) is 0 Å². The molecule has 0 saturated carbocycles. The largest absolute Gasteiger partial charge is 0.456 e. The average Bonchev–Trinajstić information content (AvgIpc) is 2.57. The van der Waals surface area contributed by atoms with Crippen molar-refractivity contribution in [3.8, 4) is 0 Å². The zero-order valence-electron chi connectivity index (χ0n) is 9.16. The van der Waals surface area contributed by atoms with Gasteiger partial charge >= 0.3 is 0 Å². The van der Waals surface area contributed by atoms with Crippen LogP contribution in [0.3, 0.4) is 0 Å². The number of hydrogen-bond acceptors (Lipinski definition) is 3. The molecule has 2 heterocycles. The standard InChI is InChI=1S/C11H14N2O3/c1-8-2-3-9(16-8)11(15)13-6-4-10(14)12-5-7-13/h2-3H,4-7H2,1H3,(H,12,14). The van der Waals surface area contributed by atoms with Gasteiger partial charge in [-0.3, -0.25) is 9.59 Å². The molecular weight excluding hydrogens is 208 g/mol. The van der Waals surface area contributed by atoms with Gasteiger partial charge in [0.25, 0.3) is 5.91 Å². The summed E-state index contributed by atoms with van der Waals surface area (Å²) in [4.78, 5) is 24.7. The molecule has 16 heavy (non-hydrogen) atoms. The van der Waals surface area contributed by atoms with Gasteiger partial charge in [-0.25, -0.2) is 0 Å². The molecular formula is C11H14N2O3. The molecule has 1 saturated heterocycles. The van der Waals surface area contributed by atoms with E-state index in [9.17, 15) is 9.59 Å². The van der Waals surface area contributed by atoms with Crippen LogP contribution in [0.1, 0.15) is 22.7 Å². The van der Waals surface area contributed by atoms with Crippen molar-refractivity contribution < 1.29 is 14.0 Å². The average molecular weight is 222 g/mol. The van der Waals surface area contributed by atoms with E-state index in [1.807, 2.05) is 0 Å². The Bertz CT molecular complexity index is 411. The van der Waals surface area contributed by atoms with Crippen molar-refractivity contribution in [1.82, 2.24) is 10.2 Å². The van der Waals surface area contributed by atoms with Crippen LogP contribution in [0.2, 0.25) is 0 Å². The fourth-order valence-electron chi connectivity index (χ4n) is 1.68. The lowest BCUT2D eigenvalue weighted by molar-refractivity contribution is -0.120. The van der Waals surface area contributed by atoms with Crippen LogP contribution in [0.15, 0.2) is 16.5 Å². The van der Waals surface area contributed by atoms with E-state index in [-0.39, 0.29) is 11.8 Å². The highest BCUT2D eigenvalue weighted by atomic mass is 16.3. The first kappa shape index (κ1) is 10.7. The van der Waals surface area contributed by atoms with Gasteiger partial charge in [-0.05, 0) is 19.1 Å². The molecule has 2 rings (SSSR count).